The highest BCUT2D eigenvalue weighted by Crippen LogP contribution is 2.36. The number of nitrogens with zero attached hydrogens (tertiary/aromatic N) is 1. The predicted octanol–water partition coefficient (Wildman–Crippen LogP) is 2.51. The zero-order chi connectivity index (χ0) is 15.6. The Morgan fingerprint density at radius 1 is 1.43 bits per heavy atom. The van der Waals surface area contributed by atoms with Gasteiger partial charge in [-0.05, 0) is 6.07 Å². The van der Waals surface area contributed by atoms with Crippen molar-refractivity contribution in [2.75, 3.05) is 14.2 Å². The fraction of sp³-hybridized carbons (Fsp3) is 0.357. The lowest BCUT2D eigenvalue weighted by atomic mass is 9.95. The highest BCUT2D eigenvalue weighted by Gasteiger charge is 2.29. The van der Waals surface area contributed by atoms with Gasteiger partial charge in [0.1, 0.15) is 11.5 Å². The molecule has 0 spiro atoms. The maximum Gasteiger partial charge on any atom is 0.352 e. The number of methoxy groups -OCH3 is 2. The van der Waals surface area contributed by atoms with E-state index >= 15 is 0 Å². The predicted molar refractivity (Wildman–Crippen MR) is 74.4 cm³/mol. The van der Waals surface area contributed by atoms with Crippen LogP contribution >= 0.6 is 11.6 Å². The van der Waals surface area contributed by atoms with Crippen molar-refractivity contribution >= 4 is 29.1 Å². The summed E-state index contributed by atoms with van der Waals surface area (Å²) in [6.45, 7) is 0. The van der Waals surface area contributed by atoms with Crippen LogP contribution in [0.4, 0.5) is 4.39 Å². The fourth-order valence-electron chi connectivity index (χ4n) is 2.17. The van der Waals surface area contributed by atoms with E-state index in [0.717, 1.165) is 0 Å². The largest absolute Gasteiger partial charge is 0.492 e. The van der Waals surface area contributed by atoms with Crippen molar-refractivity contribution < 1.29 is 23.5 Å². The zero-order valence-corrected chi connectivity index (χ0v) is 12.2. The molecule has 1 aromatic carbocycles. The molecule has 0 fully saturated rings. The molecular weight excluding hydrogens is 301 g/mol. The average molecular weight is 314 g/mol. The second-order valence-corrected chi connectivity index (χ2v) is 4.89. The minimum absolute atomic E-state index is 0.00735. The van der Waals surface area contributed by atoms with Crippen molar-refractivity contribution in [3.05, 3.63) is 28.5 Å². The van der Waals surface area contributed by atoms with Crippen LogP contribution < -0.4 is 4.74 Å². The van der Waals surface area contributed by atoms with Crippen molar-refractivity contribution in [1.29, 1.82) is 0 Å². The maximum atomic E-state index is 14.3. The van der Waals surface area contributed by atoms with E-state index in [1.807, 2.05) is 0 Å². The van der Waals surface area contributed by atoms with Crippen LogP contribution in [0.2, 0.25) is 5.02 Å². The van der Waals surface area contributed by atoms with E-state index in [1.165, 1.54) is 26.4 Å². The quantitative estimate of drug-likeness (QED) is 0.804. The van der Waals surface area contributed by atoms with E-state index in [4.69, 9.17) is 16.3 Å². The van der Waals surface area contributed by atoms with Crippen LogP contribution in [-0.2, 0) is 14.3 Å². The lowest BCUT2D eigenvalue weighted by Crippen LogP contribution is -2.26. The molecule has 0 amide bonds. The van der Waals surface area contributed by atoms with Crippen molar-refractivity contribution in [2.45, 2.75) is 18.9 Å². The summed E-state index contributed by atoms with van der Waals surface area (Å²) in [6.07, 6.45) is -0.0856. The first-order chi connectivity index (χ1) is 9.97. The molecule has 1 aromatic rings. The smallest absolute Gasteiger partial charge is 0.352 e. The summed E-state index contributed by atoms with van der Waals surface area (Å²) in [4.78, 5) is 27.4. The molecule has 7 heteroatoms. The minimum Gasteiger partial charge on any atom is -0.492 e. The SMILES string of the molecule is COC(=O)C1=NC(c2ccc(Cl)c(OC)c2F)CC(=O)C1. The van der Waals surface area contributed by atoms with Gasteiger partial charge in [0.2, 0.25) is 0 Å². The van der Waals surface area contributed by atoms with Crippen LogP contribution in [-0.4, -0.2) is 31.7 Å². The number of benzene rings is 1. The molecule has 1 aliphatic heterocycles. The Labute approximate surface area is 125 Å². The number of ketones is 1. The third kappa shape index (κ3) is 3.05. The van der Waals surface area contributed by atoms with Gasteiger partial charge in [-0.3, -0.25) is 9.79 Å². The zero-order valence-electron chi connectivity index (χ0n) is 11.5. The summed E-state index contributed by atoms with van der Waals surface area (Å²) >= 11 is 5.83. The Morgan fingerprint density at radius 2 is 2.14 bits per heavy atom. The number of ether oxygens (including phenoxy) is 2. The summed E-state index contributed by atoms with van der Waals surface area (Å²) in [7, 11) is 2.49. The van der Waals surface area contributed by atoms with E-state index < -0.39 is 17.8 Å². The van der Waals surface area contributed by atoms with E-state index in [-0.39, 0.29) is 40.7 Å². The van der Waals surface area contributed by atoms with Gasteiger partial charge in [-0.25, -0.2) is 9.18 Å². The molecule has 21 heavy (non-hydrogen) atoms. The monoisotopic (exact) mass is 313 g/mol. The highest BCUT2D eigenvalue weighted by atomic mass is 35.5. The third-order valence-corrected chi connectivity index (χ3v) is 3.46. The maximum absolute atomic E-state index is 14.3. The third-order valence-electron chi connectivity index (χ3n) is 3.16. The molecule has 0 saturated heterocycles. The number of esters is 1. The molecule has 1 heterocycles. The summed E-state index contributed by atoms with van der Waals surface area (Å²) in [6, 6.07) is 2.11. The number of rotatable bonds is 3. The first-order valence-corrected chi connectivity index (χ1v) is 6.54. The van der Waals surface area contributed by atoms with Gasteiger partial charge in [-0.15, -0.1) is 0 Å². The number of hydrogen-bond donors (Lipinski definition) is 0. The second kappa shape index (κ2) is 6.22. The summed E-state index contributed by atoms with van der Waals surface area (Å²) in [5, 5.41) is 0.123. The van der Waals surface area contributed by atoms with Crippen LogP contribution in [0.5, 0.6) is 5.75 Å². The fourth-order valence-corrected chi connectivity index (χ4v) is 2.39. The van der Waals surface area contributed by atoms with Gasteiger partial charge in [0, 0.05) is 12.0 Å². The molecule has 0 radical (unpaired) electrons. The summed E-state index contributed by atoms with van der Waals surface area (Å²) in [5.41, 5.74) is 0.151. The van der Waals surface area contributed by atoms with Crippen LogP contribution in [0.1, 0.15) is 24.4 Å². The summed E-state index contributed by atoms with van der Waals surface area (Å²) < 4.78 is 23.8. The molecule has 2 rings (SSSR count). The Morgan fingerprint density at radius 3 is 2.76 bits per heavy atom. The standard InChI is InChI=1S/C14H13ClFNO4/c1-20-13-9(15)4-3-8(12(13)16)10-5-7(18)6-11(17-10)14(19)21-2/h3-4,10H,5-6H2,1-2H3. The average Bonchev–Trinajstić information content (AvgIpc) is 2.46. The molecule has 0 aliphatic carbocycles. The van der Waals surface area contributed by atoms with Crippen LogP contribution in [0.3, 0.4) is 0 Å². The van der Waals surface area contributed by atoms with Gasteiger partial charge in [0.05, 0.1) is 31.7 Å². The van der Waals surface area contributed by atoms with Crippen molar-refractivity contribution in [3.8, 4) is 5.75 Å². The van der Waals surface area contributed by atoms with Crippen molar-refractivity contribution in [3.63, 3.8) is 0 Å². The normalized spacial score (nSPS) is 18.2. The molecule has 0 aromatic heterocycles. The lowest BCUT2D eigenvalue weighted by Gasteiger charge is -2.20. The van der Waals surface area contributed by atoms with E-state index in [1.54, 1.807) is 0 Å². The minimum atomic E-state index is -0.786. The molecule has 112 valence electrons. The molecule has 1 atom stereocenters. The molecule has 5 nitrogen and oxygen atoms in total. The van der Waals surface area contributed by atoms with E-state index in [2.05, 4.69) is 9.73 Å². The van der Waals surface area contributed by atoms with E-state index in [0.29, 0.717) is 0 Å². The number of carbonyl (C=O) groups excluding carboxylic acids is 2. The molecule has 1 aliphatic rings. The van der Waals surface area contributed by atoms with Crippen LogP contribution in [0.15, 0.2) is 17.1 Å². The number of aliphatic imine (C=N–C) groups is 1. The highest BCUT2D eigenvalue weighted by molar-refractivity contribution is 6.40. The molecule has 0 N–H and O–H groups in total. The Hall–Kier alpha value is -1.95. The first-order valence-electron chi connectivity index (χ1n) is 6.16. The van der Waals surface area contributed by atoms with Gasteiger partial charge in [-0.1, -0.05) is 17.7 Å². The Balaban J connectivity index is 2.46. The van der Waals surface area contributed by atoms with Crippen molar-refractivity contribution in [2.24, 2.45) is 4.99 Å². The first kappa shape index (κ1) is 15.4. The number of hydrogen-bond acceptors (Lipinski definition) is 5. The van der Waals surface area contributed by atoms with E-state index in [9.17, 15) is 14.0 Å². The number of halogens is 2. The Kier molecular flexibility index (Phi) is 4.57. The van der Waals surface area contributed by atoms with Gasteiger partial charge >= 0.3 is 5.97 Å². The van der Waals surface area contributed by atoms with Gasteiger partial charge < -0.3 is 9.47 Å². The van der Waals surface area contributed by atoms with Gasteiger partial charge in [0.25, 0.3) is 0 Å². The second-order valence-electron chi connectivity index (χ2n) is 4.49. The molecule has 1 unspecified atom stereocenters. The number of carbonyl (C=O) groups is 2. The van der Waals surface area contributed by atoms with Crippen LogP contribution in [0.25, 0.3) is 0 Å². The molecule has 0 bridgehead atoms. The summed E-state index contributed by atoms with van der Waals surface area (Å²) in [5.74, 6) is -1.68. The molecule has 0 saturated carbocycles. The Bertz CT molecular complexity index is 630. The van der Waals surface area contributed by atoms with Gasteiger partial charge in [-0.2, -0.15) is 0 Å². The lowest BCUT2D eigenvalue weighted by molar-refractivity contribution is -0.133. The van der Waals surface area contributed by atoms with Gasteiger partial charge in [0.15, 0.2) is 11.6 Å². The molecular formula is C14H13ClFNO4. The topological polar surface area (TPSA) is 65.0 Å². The van der Waals surface area contributed by atoms with Crippen LogP contribution in [0, 0.1) is 5.82 Å². The number of Topliss-reactive ketones (excluding diaryl/α,β-unsaturated/α-hetero) is 1. The van der Waals surface area contributed by atoms with Crippen molar-refractivity contribution in [1.82, 2.24) is 0 Å².